The Kier molecular flexibility index (Phi) is 14.9. The number of hydrogen-bond acceptors (Lipinski definition) is 18. The van der Waals surface area contributed by atoms with Gasteiger partial charge in [0.15, 0.2) is 18.9 Å². The van der Waals surface area contributed by atoms with E-state index >= 15 is 0 Å². The lowest BCUT2D eigenvalue weighted by molar-refractivity contribution is -0.348. The second-order valence-corrected chi connectivity index (χ2v) is 22.6. The number of esters is 2. The van der Waals surface area contributed by atoms with Crippen molar-refractivity contribution in [3.8, 4) is 0 Å². The fourth-order valence-corrected chi connectivity index (χ4v) is 15.2. The van der Waals surface area contributed by atoms with Gasteiger partial charge in [0.25, 0.3) is 0 Å². The summed E-state index contributed by atoms with van der Waals surface area (Å²) in [5.74, 6) is 0.184. The van der Waals surface area contributed by atoms with Crippen molar-refractivity contribution in [2.75, 3.05) is 13.2 Å². The Balaban J connectivity index is 0.746. The quantitative estimate of drug-likeness (QED) is 0.116. The molecular weight excluding hydrogens is 889 g/mol. The van der Waals surface area contributed by atoms with Crippen LogP contribution in [-0.2, 0) is 52.2 Å². The summed E-state index contributed by atoms with van der Waals surface area (Å²) in [6.45, 7) is 11.1. The molecule has 8 fully saturated rings. The minimum Gasteiger partial charge on any atom is -0.459 e. The van der Waals surface area contributed by atoms with Gasteiger partial charge in [-0.25, -0.2) is 4.79 Å². The maximum absolute atomic E-state index is 12.6. The molecule has 5 heterocycles. The lowest BCUT2D eigenvalue weighted by Crippen LogP contribution is -2.62. The lowest BCUT2D eigenvalue weighted by atomic mass is 9.43. The second kappa shape index (κ2) is 19.9. The molecule has 0 spiro atoms. The maximum atomic E-state index is 12.6. The van der Waals surface area contributed by atoms with Crippen LogP contribution in [-0.4, -0.2) is 171 Å². The molecule has 9 rings (SSSR count). The molecule has 25 unspecified atom stereocenters. The molecule has 0 aromatic rings. The van der Waals surface area contributed by atoms with Crippen molar-refractivity contribution in [1.29, 1.82) is 0 Å². The van der Waals surface area contributed by atoms with Gasteiger partial charge in [0, 0.05) is 43.6 Å². The summed E-state index contributed by atoms with van der Waals surface area (Å²) in [5, 5.41) is 76.4. The van der Waals surface area contributed by atoms with Crippen LogP contribution in [0.5, 0.6) is 0 Å². The Morgan fingerprint density at radius 1 is 0.750 bits per heavy atom. The Labute approximate surface area is 399 Å². The van der Waals surface area contributed by atoms with Gasteiger partial charge in [-0.1, -0.05) is 13.8 Å². The highest BCUT2D eigenvalue weighted by Crippen LogP contribution is 2.70. The molecule has 18 heteroatoms. The fourth-order valence-electron chi connectivity index (χ4n) is 15.2. The molecular formula is C50H78O18. The number of carbonyl (C=O) groups excluding carboxylic acids is 2. The average molecular weight is 967 g/mol. The summed E-state index contributed by atoms with van der Waals surface area (Å²) in [6.07, 6.45) is -4.32. The molecule has 18 nitrogen and oxygen atoms in total. The number of hydrogen-bond donors (Lipinski definition) is 7. The Bertz CT molecular complexity index is 1810. The molecule has 0 bridgehead atoms. The van der Waals surface area contributed by atoms with Crippen LogP contribution in [0.3, 0.4) is 0 Å². The molecule has 0 radical (unpaired) electrons. The zero-order valence-corrected chi connectivity index (χ0v) is 40.5. The van der Waals surface area contributed by atoms with E-state index in [9.17, 15) is 45.3 Å². The first-order valence-corrected chi connectivity index (χ1v) is 25.6. The summed E-state index contributed by atoms with van der Waals surface area (Å²) in [4.78, 5) is 24.2. The number of aliphatic hydroxyl groups excluding tert-OH is 6. The largest absolute Gasteiger partial charge is 0.459 e. The van der Waals surface area contributed by atoms with E-state index in [1.54, 1.807) is 19.9 Å². The minimum atomic E-state index is -1.67. The maximum Gasteiger partial charge on any atom is 0.331 e. The van der Waals surface area contributed by atoms with Gasteiger partial charge >= 0.3 is 11.9 Å². The van der Waals surface area contributed by atoms with Gasteiger partial charge in [0.05, 0.1) is 54.9 Å². The van der Waals surface area contributed by atoms with Crippen molar-refractivity contribution in [1.82, 2.24) is 0 Å². The normalized spacial score (nSPS) is 52.8. The van der Waals surface area contributed by atoms with Crippen molar-refractivity contribution in [2.24, 2.45) is 40.4 Å². The van der Waals surface area contributed by atoms with Gasteiger partial charge in [-0.2, -0.15) is 0 Å². The van der Waals surface area contributed by atoms with Gasteiger partial charge < -0.3 is 78.4 Å². The van der Waals surface area contributed by atoms with Crippen molar-refractivity contribution < 1.29 is 88.0 Å². The van der Waals surface area contributed by atoms with Crippen LogP contribution in [0.1, 0.15) is 125 Å². The van der Waals surface area contributed by atoms with Crippen LogP contribution in [0.15, 0.2) is 11.6 Å². The van der Waals surface area contributed by atoms with Crippen LogP contribution in [0.4, 0.5) is 0 Å². The Hall–Kier alpha value is -1.88. The third-order valence-electron chi connectivity index (χ3n) is 18.9. The molecule has 4 saturated heterocycles. The first-order valence-electron chi connectivity index (χ1n) is 25.6. The van der Waals surface area contributed by atoms with Crippen molar-refractivity contribution >= 4 is 11.9 Å². The van der Waals surface area contributed by atoms with Gasteiger partial charge in [-0.15, -0.1) is 0 Å². The van der Waals surface area contributed by atoms with Gasteiger partial charge in [-0.05, 0) is 120 Å². The third kappa shape index (κ3) is 9.37. The van der Waals surface area contributed by atoms with E-state index in [0.717, 1.165) is 63.4 Å². The molecule has 4 saturated carbocycles. The number of rotatable bonds is 11. The van der Waals surface area contributed by atoms with Crippen molar-refractivity contribution in [2.45, 2.75) is 235 Å². The van der Waals surface area contributed by atoms with E-state index in [-0.39, 0.29) is 59.6 Å². The van der Waals surface area contributed by atoms with Crippen molar-refractivity contribution in [3.05, 3.63) is 11.6 Å². The van der Waals surface area contributed by atoms with Crippen LogP contribution < -0.4 is 0 Å². The van der Waals surface area contributed by atoms with E-state index in [4.69, 9.17) is 42.6 Å². The minimum absolute atomic E-state index is 0.00905. The molecule has 68 heavy (non-hydrogen) atoms. The standard InChI is InChI=1S/C50H78O18/c1-23-31(17-30-18-36(54)45(24(2)61-30)67-41-20-37(64-26(4)52)46(25(3)63-41)68-47-44(58)43(57)42(56)38(21-51)66-47)35(53)19-40(62-23)65-29-9-12-48(5)28(16-29)7-8-34-33(48)10-13-49(6)32(11-14-50(34,49)59)27-15-39(55)60-22-27/h15,23-25,28-38,40-47,51,53-54,56-59H,7-14,16-22H2,1-6H3. The summed E-state index contributed by atoms with van der Waals surface area (Å²) >= 11 is 0. The van der Waals surface area contributed by atoms with E-state index in [2.05, 4.69) is 13.8 Å². The third-order valence-corrected chi connectivity index (χ3v) is 18.9. The molecule has 4 aliphatic carbocycles. The van der Waals surface area contributed by atoms with Gasteiger partial charge in [0.1, 0.15) is 49.3 Å². The number of fused-ring (bicyclic) bond motifs is 5. The van der Waals surface area contributed by atoms with Gasteiger partial charge in [-0.3, -0.25) is 4.79 Å². The molecule has 25 atom stereocenters. The summed E-state index contributed by atoms with van der Waals surface area (Å²) < 4.78 is 54.4. The zero-order chi connectivity index (χ0) is 48.6. The smallest absolute Gasteiger partial charge is 0.331 e. The first kappa shape index (κ1) is 51.0. The molecule has 386 valence electrons. The predicted octanol–water partition coefficient (Wildman–Crippen LogP) is 2.31. The highest BCUT2D eigenvalue weighted by Gasteiger charge is 2.68. The predicted molar refractivity (Wildman–Crippen MR) is 237 cm³/mol. The first-order chi connectivity index (χ1) is 32.2. The molecule has 0 aromatic carbocycles. The van der Waals surface area contributed by atoms with E-state index < -0.39 is 110 Å². The fraction of sp³-hybridized carbons (Fsp3) is 0.920. The molecule has 5 aliphatic heterocycles. The molecule has 0 amide bonds. The molecule has 0 aromatic heterocycles. The summed E-state index contributed by atoms with van der Waals surface area (Å²) in [6, 6.07) is 0. The highest BCUT2D eigenvalue weighted by atomic mass is 16.7. The van der Waals surface area contributed by atoms with Crippen LogP contribution in [0, 0.1) is 40.4 Å². The molecule has 7 N–H and O–H groups in total. The SMILES string of the molecule is CC(=O)OC1CC(OC2C(O)CC(CC3C(O)CC(OC4CCC5(C)C(CCC6C5CCC5(C)C(C7=CC(=O)OC7)CCC65O)C4)OC3C)OC2C)OC(C)C1OC1OC(CO)C(O)C(O)C1O. The summed E-state index contributed by atoms with van der Waals surface area (Å²) in [7, 11) is 0. The number of ether oxygens (including phenoxy) is 9. The van der Waals surface area contributed by atoms with E-state index in [1.807, 2.05) is 6.92 Å². The van der Waals surface area contributed by atoms with Gasteiger partial charge in [0.2, 0.25) is 0 Å². The van der Waals surface area contributed by atoms with Crippen molar-refractivity contribution in [3.63, 3.8) is 0 Å². The van der Waals surface area contributed by atoms with Crippen LogP contribution in [0.25, 0.3) is 0 Å². The monoisotopic (exact) mass is 967 g/mol. The Morgan fingerprint density at radius 2 is 1.49 bits per heavy atom. The number of cyclic esters (lactones) is 1. The lowest BCUT2D eigenvalue weighted by Gasteiger charge is -2.64. The van der Waals surface area contributed by atoms with Crippen LogP contribution in [0.2, 0.25) is 0 Å². The van der Waals surface area contributed by atoms with E-state index in [1.165, 1.54) is 6.92 Å². The highest BCUT2D eigenvalue weighted by molar-refractivity contribution is 5.85. The van der Waals surface area contributed by atoms with Crippen LogP contribution >= 0.6 is 0 Å². The van der Waals surface area contributed by atoms with E-state index in [0.29, 0.717) is 31.3 Å². The topological polar surface area (TPSA) is 259 Å². The average Bonchev–Trinajstić information content (AvgIpc) is 3.83. The number of aliphatic hydroxyl groups is 7. The molecule has 9 aliphatic rings. The second-order valence-electron chi connectivity index (χ2n) is 22.6. The Morgan fingerprint density at radius 3 is 2.18 bits per heavy atom. The number of carbonyl (C=O) groups is 2. The zero-order valence-electron chi connectivity index (χ0n) is 40.5. The summed E-state index contributed by atoms with van der Waals surface area (Å²) in [5.41, 5.74) is 0.142.